The SMILES string of the molecule is CCCCC1C(CC(N)=O)=CC=CC1(O)OCOC. The Hall–Kier alpha value is -1.17. The molecule has 1 aliphatic carbocycles. The predicted molar refractivity (Wildman–Crippen MR) is 72.0 cm³/mol. The first-order valence-corrected chi connectivity index (χ1v) is 6.55. The van der Waals surface area contributed by atoms with E-state index in [0.29, 0.717) is 0 Å². The number of allylic oxidation sites excluding steroid dienone is 2. The molecule has 2 unspecified atom stereocenters. The lowest BCUT2D eigenvalue weighted by Crippen LogP contribution is -2.42. The molecule has 0 radical (unpaired) electrons. The first kappa shape index (κ1) is 15.9. The molecule has 1 aliphatic rings. The maximum atomic E-state index is 11.1. The highest BCUT2D eigenvalue weighted by Gasteiger charge is 2.39. The number of hydrogen-bond acceptors (Lipinski definition) is 4. The van der Waals surface area contributed by atoms with Crippen molar-refractivity contribution in [3.05, 3.63) is 23.8 Å². The average Bonchev–Trinajstić information content (AvgIpc) is 2.35. The molecular weight excluding hydrogens is 246 g/mol. The van der Waals surface area contributed by atoms with Crippen molar-refractivity contribution >= 4 is 5.91 Å². The van der Waals surface area contributed by atoms with E-state index in [0.717, 1.165) is 24.8 Å². The van der Waals surface area contributed by atoms with Gasteiger partial charge in [-0.05, 0) is 12.5 Å². The number of primary amides is 1. The van der Waals surface area contributed by atoms with Gasteiger partial charge in [-0.1, -0.05) is 37.5 Å². The lowest BCUT2D eigenvalue weighted by atomic mass is 9.81. The smallest absolute Gasteiger partial charge is 0.221 e. The van der Waals surface area contributed by atoms with Gasteiger partial charge in [0.05, 0.1) is 0 Å². The zero-order valence-corrected chi connectivity index (χ0v) is 11.6. The molecule has 0 aromatic heterocycles. The molecule has 0 aliphatic heterocycles. The van der Waals surface area contributed by atoms with Crippen LogP contribution in [0, 0.1) is 5.92 Å². The molecular formula is C14H23NO4. The van der Waals surface area contributed by atoms with Crippen LogP contribution in [0.25, 0.3) is 0 Å². The Morgan fingerprint density at radius 3 is 2.89 bits per heavy atom. The molecule has 5 nitrogen and oxygen atoms in total. The quantitative estimate of drug-likeness (QED) is 0.654. The number of carbonyl (C=O) groups excluding carboxylic acids is 1. The van der Waals surface area contributed by atoms with Crippen molar-refractivity contribution in [3.8, 4) is 0 Å². The van der Waals surface area contributed by atoms with E-state index in [4.69, 9.17) is 15.2 Å². The third kappa shape index (κ3) is 4.45. The van der Waals surface area contributed by atoms with Crippen LogP contribution in [-0.2, 0) is 14.3 Å². The van der Waals surface area contributed by atoms with E-state index in [9.17, 15) is 9.90 Å². The second-order valence-corrected chi connectivity index (χ2v) is 4.74. The summed E-state index contributed by atoms with van der Waals surface area (Å²) < 4.78 is 10.2. The number of methoxy groups -OCH3 is 1. The molecule has 108 valence electrons. The lowest BCUT2D eigenvalue weighted by molar-refractivity contribution is -0.236. The molecule has 1 amide bonds. The minimum absolute atomic E-state index is 0.00663. The summed E-state index contributed by atoms with van der Waals surface area (Å²) in [6.45, 7) is 2.07. The second kappa shape index (κ2) is 7.43. The number of nitrogens with two attached hydrogens (primary N) is 1. The molecule has 0 aromatic rings. The van der Waals surface area contributed by atoms with E-state index in [1.54, 1.807) is 12.2 Å². The number of ether oxygens (including phenoxy) is 2. The maximum Gasteiger partial charge on any atom is 0.221 e. The van der Waals surface area contributed by atoms with Crippen LogP contribution in [0.5, 0.6) is 0 Å². The van der Waals surface area contributed by atoms with Gasteiger partial charge in [0.1, 0.15) is 6.79 Å². The van der Waals surface area contributed by atoms with Crippen LogP contribution in [0.3, 0.4) is 0 Å². The van der Waals surface area contributed by atoms with Gasteiger partial charge in [0.15, 0.2) is 5.79 Å². The van der Waals surface area contributed by atoms with Gasteiger partial charge in [0.2, 0.25) is 5.91 Å². The summed E-state index contributed by atoms with van der Waals surface area (Å²) in [4.78, 5) is 11.1. The van der Waals surface area contributed by atoms with Crippen LogP contribution in [-0.4, -0.2) is 30.7 Å². The summed E-state index contributed by atoms with van der Waals surface area (Å²) in [6, 6.07) is 0. The minimum Gasteiger partial charge on any atom is -0.369 e. The summed E-state index contributed by atoms with van der Waals surface area (Å²) in [5, 5.41) is 10.6. The van der Waals surface area contributed by atoms with Crippen molar-refractivity contribution in [2.45, 2.75) is 38.4 Å². The van der Waals surface area contributed by atoms with E-state index in [2.05, 4.69) is 6.92 Å². The molecule has 0 bridgehead atoms. The summed E-state index contributed by atoms with van der Waals surface area (Å²) in [6.07, 6.45) is 7.93. The van der Waals surface area contributed by atoms with Crippen LogP contribution in [0.4, 0.5) is 0 Å². The third-order valence-electron chi connectivity index (χ3n) is 3.22. The number of hydrogen-bond donors (Lipinski definition) is 2. The molecule has 0 heterocycles. The number of carbonyl (C=O) groups is 1. The third-order valence-corrected chi connectivity index (χ3v) is 3.22. The fourth-order valence-corrected chi connectivity index (χ4v) is 2.29. The Balaban J connectivity index is 2.87. The van der Waals surface area contributed by atoms with Gasteiger partial charge in [-0.2, -0.15) is 0 Å². The van der Waals surface area contributed by atoms with Gasteiger partial charge in [-0.15, -0.1) is 0 Å². The van der Waals surface area contributed by atoms with E-state index < -0.39 is 11.7 Å². The molecule has 0 saturated heterocycles. The van der Waals surface area contributed by atoms with Gasteiger partial charge in [0.25, 0.3) is 0 Å². The van der Waals surface area contributed by atoms with Gasteiger partial charge in [-0.25, -0.2) is 0 Å². The van der Waals surface area contributed by atoms with Crippen LogP contribution in [0.1, 0.15) is 32.6 Å². The van der Waals surface area contributed by atoms with Gasteiger partial charge < -0.3 is 20.3 Å². The van der Waals surface area contributed by atoms with Crippen molar-refractivity contribution < 1.29 is 19.4 Å². The van der Waals surface area contributed by atoms with Crippen LogP contribution in [0.2, 0.25) is 0 Å². The monoisotopic (exact) mass is 269 g/mol. The molecule has 0 saturated carbocycles. The zero-order valence-electron chi connectivity index (χ0n) is 11.6. The topological polar surface area (TPSA) is 81.8 Å². The largest absolute Gasteiger partial charge is 0.369 e. The Labute approximate surface area is 114 Å². The highest BCUT2D eigenvalue weighted by atomic mass is 16.7. The van der Waals surface area contributed by atoms with Crippen molar-refractivity contribution in [2.75, 3.05) is 13.9 Å². The molecule has 1 rings (SSSR count). The van der Waals surface area contributed by atoms with Crippen molar-refractivity contribution in [1.29, 1.82) is 0 Å². The van der Waals surface area contributed by atoms with E-state index in [-0.39, 0.29) is 19.1 Å². The second-order valence-electron chi connectivity index (χ2n) is 4.74. The predicted octanol–water partition coefficient (Wildman–Crippen LogP) is 1.47. The average molecular weight is 269 g/mol. The molecule has 0 fully saturated rings. The van der Waals surface area contributed by atoms with Crippen LogP contribution < -0.4 is 5.73 Å². The Morgan fingerprint density at radius 2 is 2.32 bits per heavy atom. The number of unbranched alkanes of at least 4 members (excludes halogenated alkanes) is 1. The zero-order chi connectivity index (χ0) is 14.3. The molecule has 19 heavy (non-hydrogen) atoms. The fourth-order valence-electron chi connectivity index (χ4n) is 2.29. The molecule has 2 atom stereocenters. The van der Waals surface area contributed by atoms with Crippen molar-refractivity contribution in [3.63, 3.8) is 0 Å². The summed E-state index contributed by atoms with van der Waals surface area (Å²) in [5.41, 5.74) is 6.06. The molecule has 3 N–H and O–H groups in total. The summed E-state index contributed by atoms with van der Waals surface area (Å²) in [5.74, 6) is -2.10. The Bertz CT molecular complexity index is 364. The lowest BCUT2D eigenvalue weighted by Gasteiger charge is -2.36. The Morgan fingerprint density at radius 1 is 1.58 bits per heavy atom. The summed E-state index contributed by atoms with van der Waals surface area (Å²) in [7, 11) is 1.50. The number of aliphatic hydroxyl groups is 1. The maximum absolute atomic E-state index is 11.1. The highest BCUT2D eigenvalue weighted by Crippen LogP contribution is 2.36. The van der Waals surface area contributed by atoms with E-state index in [1.807, 2.05) is 6.08 Å². The molecule has 0 spiro atoms. The highest BCUT2D eigenvalue weighted by molar-refractivity contribution is 5.76. The van der Waals surface area contributed by atoms with Gasteiger partial charge >= 0.3 is 0 Å². The van der Waals surface area contributed by atoms with E-state index in [1.165, 1.54) is 7.11 Å². The van der Waals surface area contributed by atoms with Crippen LogP contribution >= 0.6 is 0 Å². The molecule has 5 heteroatoms. The normalized spacial score (nSPS) is 26.3. The fraction of sp³-hybridized carbons (Fsp3) is 0.643. The number of amides is 1. The van der Waals surface area contributed by atoms with Crippen molar-refractivity contribution in [2.24, 2.45) is 11.7 Å². The summed E-state index contributed by atoms with van der Waals surface area (Å²) >= 11 is 0. The first-order valence-electron chi connectivity index (χ1n) is 6.55. The van der Waals surface area contributed by atoms with Gasteiger partial charge in [0, 0.05) is 19.4 Å². The molecule has 0 aromatic carbocycles. The first-order chi connectivity index (χ1) is 9.03. The Kier molecular flexibility index (Phi) is 6.21. The standard InChI is InChI=1S/C14H23NO4/c1-3-4-7-12-11(9-13(15)16)6-5-8-14(12,17)19-10-18-2/h5-6,8,12,17H,3-4,7,9-10H2,1-2H3,(H2,15,16). The van der Waals surface area contributed by atoms with E-state index >= 15 is 0 Å². The van der Waals surface area contributed by atoms with Crippen LogP contribution in [0.15, 0.2) is 23.8 Å². The minimum atomic E-state index is -1.43. The van der Waals surface area contributed by atoms with Crippen molar-refractivity contribution in [1.82, 2.24) is 0 Å². The number of rotatable bonds is 8. The van der Waals surface area contributed by atoms with Gasteiger partial charge in [-0.3, -0.25) is 4.79 Å².